The van der Waals surface area contributed by atoms with Crippen molar-refractivity contribution in [1.82, 2.24) is 97.9 Å². The van der Waals surface area contributed by atoms with Gasteiger partial charge in [0.15, 0.2) is 29.1 Å². The molecule has 0 aliphatic carbocycles. The summed E-state index contributed by atoms with van der Waals surface area (Å²) in [6.45, 7) is 13.1. The Bertz CT molecular complexity index is 7830. The van der Waals surface area contributed by atoms with E-state index < -0.39 is 0 Å². The van der Waals surface area contributed by atoms with Crippen molar-refractivity contribution in [2.75, 3.05) is 46.9 Å². The molecule has 20 aromatic rings. The Morgan fingerprint density at radius 2 is 0.664 bits per heavy atom. The van der Waals surface area contributed by atoms with Crippen molar-refractivity contribution in [2.45, 2.75) is 67.3 Å². The Morgan fingerprint density at radius 3 is 1.08 bits per heavy atom. The highest BCUT2D eigenvalue weighted by atomic mass is 35.5. The summed E-state index contributed by atoms with van der Waals surface area (Å²) in [6.07, 6.45) is 0. The van der Waals surface area contributed by atoms with Crippen LogP contribution in [0.2, 0.25) is 10.0 Å². The average molecular weight is 1830 g/mol. The van der Waals surface area contributed by atoms with Gasteiger partial charge >= 0.3 is 0 Å². The number of aromatic nitrogens is 20. The molecule has 10 N–H and O–H groups in total. The monoisotopic (exact) mass is 1830 g/mol. The molecule has 36 heteroatoms. The molecule has 0 atom stereocenters. The normalized spacial score (nSPS) is 10.9. The SMILES string of the molecule is CCOc1ccc(NCc2cc(=O)n3[nH]c(-c4cccc(C)c4)nc3n2)cc1.CCOc1ccccc1NCc1cc(=O)n2[nH]c(-c3ccc(OC)cc3)nc2n1.Cc1ccc(NCc2cc(=O)n3[nH]c(-c4ccccc4)nc3n2)cc1Cl.Cc1cccc(-c2nc3nc(CNc4cccc(Cl)c4)cc(=O)n3[nH]2)c1.O=c1cc(CNc2ccccc2)nc2nc(-c3ccc(F)cc3)[nH]n12. The maximum absolute atomic E-state index is 13.0. The van der Waals surface area contributed by atoms with Crippen molar-refractivity contribution < 1.29 is 18.6 Å². The number of hydrogen-bond donors (Lipinski definition) is 10. The molecule has 0 saturated heterocycles. The number of aryl methyl sites for hydroxylation is 3. The Balaban J connectivity index is 0.000000122. The van der Waals surface area contributed by atoms with E-state index in [4.69, 9.17) is 37.4 Å². The van der Waals surface area contributed by atoms with E-state index in [2.05, 4.69) is 102 Å². The fourth-order valence-corrected chi connectivity index (χ4v) is 14.2. The Morgan fingerprint density at radius 1 is 0.321 bits per heavy atom. The predicted molar refractivity (Wildman–Crippen MR) is 517 cm³/mol. The number of rotatable bonds is 25. The molecule has 0 radical (unpaired) electrons. The topological polar surface area (TPSA) is 403 Å². The maximum Gasteiger partial charge on any atom is 0.274 e. The molecule has 0 unspecified atom stereocenters. The average Bonchev–Trinajstić information content (AvgIpc) is 1.66. The Labute approximate surface area is 772 Å². The summed E-state index contributed by atoms with van der Waals surface area (Å²) in [5, 5.41) is 32.4. The lowest BCUT2D eigenvalue weighted by Gasteiger charge is -2.11. The van der Waals surface area contributed by atoms with E-state index in [1.165, 1.54) is 65.0 Å². The Hall–Kier alpha value is -17.1. The standard InChI is InChI=1S/C21H21N5O3.C21H21N5O2.2C19H16ClN5O.C18H14FN5O/c1-3-29-18-7-5-4-6-17(18)22-13-15-12-19(27)26-21(23-15)24-20(25-26)14-8-10-16(28-2)11-9-14;1-3-28-18-9-7-16(8-10-18)22-13-17-12-19(27)26-21(23-17)24-20(25-26)15-6-4-5-14(2)11-15;1-12-4-2-5-13(8-12)18-23-19-22-16(10-17(26)25(19)24-18)11-21-15-7-3-6-14(20)9-15;1-12-7-8-14(9-16(12)20)21-11-15-10-17(26)25-19(22-15)23-18(24-25)13-5-3-2-4-6-13;19-13-8-6-12(7-9-13)17-22-18-21-15(10-16(25)24(18)23-17)11-20-14-4-2-1-3-5-14/h4-12,22H,3,13H2,1-2H3,(H,23,24,25);4-12,22H,3,13H2,1-2H3,(H,23,24,25);2*2-10,21H,11H2,1H3,(H,22,23,24);1-10,20H,11H2,(H,21,22,23). The van der Waals surface area contributed by atoms with Gasteiger partial charge in [-0.05, 0) is 180 Å². The van der Waals surface area contributed by atoms with Crippen molar-refractivity contribution in [3.05, 3.63) is 392 Å². The highest BCUT2D eigenvalue weighted by Gasteiger charge is 2.18. The minimum absolute atomic E-state index is 0.195. The number of ether oxygens (including phenoxy) is 3. The number of para-hydroxylation sites is 3. The van der Waals surface area contributed by atoms with E-state index in [0.717, 1.165) is 84.6 Å². The van der Waals surface area contributed by atoms with Crippen molar-refractivity contribution in [3.63, 3.8) is 0 Å². The molecule has 134 heavy (non-hydrogen) atoms. The third-order valence-corrected chi connectivity index (χ3v) is 21.1. The van der Waals surface area contributed by atoms with Gasteiger partial charge in [-0.25, -0.2) is 29.3 Å². The number of H-pyrrole nitrogens is 5. The highest BCUT2D eigenvalue weighted by molar-refractivity contribution is 6.31. The summed E-state index contributed by atoms with van der Waals surface area (Å²) in [7, 11) is 1.61. The number of hydrogen-bond acceptors (Lipinski definition) is 23. The number of anilines is 5. The first kappa shape index (κ1) is 90.2. The third kappa shape index (κ3) is 22.7. The van der Waals surface area contributed by atoms with Gasteiger partial charge in [0.2, 0.25) is 0 Å². The molecule has 0 saturated carbocycles. The largest absolute Gasteiger partial charge is 0.497 e. The number of nitrogens with zero attached hydrogens (tertiary/aromatic N) is 15. The van der Waals surface area contributed by atoms with Crippen LogP contribution in [0.1, 0.15) is 59.0 Å². The molecule has 0 amide bonds. The van der Waals surface area contributed by atoms with Crippen molar-refractivity contribution >= 4 is 80.5 Å². The minimum Gasteiger partial charge on any atom is -0.497 e. The molecule has 10 heterocycles. The first-order chi connectivity index (χ1) is 65.2. The van der Waals surface area contributed by atoms with E-state index in [9.17, 15) is 28.4 Å². The van der Waals surface area contributed by atoms with Crippen molar-refractivity contribution in [1.29, 1.82) is 0 Å². The lowest BCUT2D eigenvalue weighted by Crippen LogP contribution is -2.17. The summed E-state index contributed by atoms with van der Waals surface area (Å²) < 4.78 is 35.9. The van der Waals surface area contributed by atoms with Gasteiger partial charge in [0.25, 0.3) is 56.7 Å². The van der Waals surface area contributed by atoms with Crippen LogP contribution in [0.25, 0.3) is 85.8 Å². The number of methoxy groups -OCH3 is 1. The van der Waals surface area contributed by atoms with Crippen LogP contribution in [0.3, 0.4) is 0 Å². The van der Waals surface area contributed by atoms with Gasteiger partial charge in [-0.15, -0.1) is 0 Å². The summed E-state index contributed by atoms with van der Waals surface area (Å²) in [6, 6.07) is 84.3. The molecule has 0 aliphatic heterocycles. The fourth-order valence-electron chi connectivity index (χ4n) is 13.8. The van der Waals surface area contributed by atoms with E-state index in [1.807, 2.05) is 253 Å². The van der Waals surface area contributed by atoms with Crippen molar-refractivity contribution in [3.8, 4) is 74.2 Å². The van der Waals surface area contributed by atoms with Gasteiger partial charge < -0.3 is 40.8 Å². The molecule has 20 rings (SSSR count). The second-order valence-electron chi connectivity index (χ2n) is 30.3. The minimum atomic E-state index is -0.329. The van der Waals surface area contributed by atoms with E-state index >= 15 is 0 Å². The number of benzene rings is 10. The van der Waals surface area contributed by atoms with Gasteiger partial charge in [0.05, 0.1) is 87.2 Å². The lowest BCUT2D eigenvalue weighted by molar-refractivity contribution is 0.340. The molecule has 0 bridgehead atoms. The van der Waals surface area contributed by atoms with Crippen LogP contribution < -0.4 is 68.6 Å². The summed E-state index contributed by atoms with van der Waals surface area (Å²) in [5.74, 6) is 6.48. The summed E-state index contributed by atoms with van der Waals surface area (Å²) in [4.78, 5) is 106. The molecule has 10 aromatic heterocycles. The van der Waals surface area contributed by atoms with Gasteiger partial charge in [0.1, 0.15) is 23.1 Å². The van der Waals surface area contributed by atoms with E-state index in [0.29, 0.717) is 142 Å². The van der Waals surface area contributed by atoms with Crippen LogP contribution in [0.4, 0.5) is 32.8 Å². The van der Waals surface area contributed by atoms with Crippen molar-refractivity contribution in [2.24, 2.45) is 0 Å². The van der Waals surface area contributed by atoms with Crippen LogP contribution in [0.15, 0.2) is 303 Å². The second-order valence-corrected chi connectivity index (χ2v) is 31.1. The number of halogens is 3. The lowest BCUT2D eigenvalue weighted by atomic mass is 10.1. The molecule has 0 fully saturated rings. The molecular weight excluding hydrogens is 1750 g/mol. The number of nitrogens with one attached hydrogen (secondary N) is 10. The Kier molecular flexibility index (Phi) is 28.3. The molecule has 33 nitrogen and oxygen atoms in total. The molecule has 0 aliphatic rings. The van der Waals surface area contributed by atoms with Crippen LogP contribution in [0.5, 0.6) is 17.2 Å². The van der Waals surface area contributed by atoms with Crippen LogP contribution in [-0.2, 0) is 32.7 Å². The van der Waals surface area contributed by atoms with Gasteiger partial charge in [0, 0.05) is 90.9 Å². The smallest absolute Gasteiger partial charge is 0.274 e. The maximum atomic E-state index is 13.0. The first-order valence-corrected chi connectivity index (χ1v) is 43.2. The quantitative estimate of drug-likeness (QED) is 0.0254. The zero-order valence-corrected chi connectivity index (χ0v) is 74.6. The molecule has 10 aromatic carbocycles. The first-order valence-electron chi connectivity index (χ1n) is 42.4. The number of aromatic amines is 5. The van der Waals surface area contributed by atoms with Crippen LogP contribution in [-0.4, -0.2) is 118 Å². The predicted octanol–water partition coefficient (Wildman–Crippen LogP) is 16.7. The number of fused-ring (bicyclic) bond motifs is 5. The molecule has 674 valence electrons. The summed E-state index contributed by atoms with van der Waals surface area (Å²) in [5.41, 5.74) is 13.9. The van der Waals surface area contributed by atoms with Gasteiger partial charge in [-0.1, -0.05) is 144 Å². The zero-order chi connectivity index (χ0) is 93.1. The van der Waals surface area contributed by atoms with Crippen LogP contribution in [0, 0.1) is 26.6 Å². The molecule has 0 spiro atoms. The van der Waals surface area contributed by atoms with Crippen LogP contribution >= 0.6 is 23.2 Å². The highest BCUT2D eigenvalue weighted by Crippen LogP contribution is 2.28. The van der Waals surface area contributed by atoms with E-state index in [1.54, 1.807) is 25.3 Å². The molecular formula is C98H88Cl2FN25O8. The van der Waals surface area contributed by atoms with Gasteiger partial charge in [-0.2, -0.15) is 47.5 Å². The fraction of sp³-hybridized carbons (Fsp3) is 0.133. The van der Waals surface area contributed by atoms with E-state index in [-0.39, 0.29) is 39.4 Å². The van der Waals surface area contributed by atoms with Gasteiger partial charge in [-0.3, -0.25) is 49.5 Å². The zero-order valence-electron chi connectivity index (χ0n) is 73.1. The summed E-state index contributed by atoms with van der Waals surface area (Å²) >= 11 is 12.1. The second kappa shape index (κ2) is 42.0. The third-order valence-electron chi connectivity index (χ3n) is 20.5.